The number of benzene rings is 1. The quantitative estimate of drug-likeness (QED) is 0.571. The van der Waals surface area contributed by atoms with E-state index in [2.05, 4.69) is 15.3 Å². The van der Waals surface area contributed by atoms with Crippen molar-refractivity contribution in [1.82, 2.24) is 15.3 Å². The van der Waals surface area contributed by atoms with Crippen molar-refractivity contribution < 1.29 is 27.1 Å². The predicted molar refractivity (Wildman–Crippen MR) is 111 cm³/mol. The van der Waals surface area contributed by atoms with Crippen LogP contribution in [-0.2, 0) is 6.18 Å². The minimum absolute atomic E-state index is 0.00860. The molecule has 4 rings (SSSR count). The van der Waals surface area contributed by atoms with Gasteiger partial charge in [0.25, 0.3) is 5.91 Å². The van der Waals surface area contributed by atoms with Gasteiger partial charge in [-0.05, 0) is 50.5 Å². The molecule has 1 fully saturated rings. The van der Waals surface area contributed by atoms with Crippen LogP contribution in [0.3, 0.4) is 0 Å². The maximum atomic E-state index is 13.2. The number of carbonyl (C=O) groups is 1. The summed E-state index contributed by atoms with van der Waals surface area (Å²) in [6, 6.07) is 4.63. The molecule has 3 aromatic rings. The number of oxazole rings is 1. The van der Waals surface area contributed by atoms with Crippen LogP contribution in [0, 0.1) is 0 Å². The van der Waals surface area contributed by atoms with Crippen LogP contribution in [-0.4, -0.2) is 28.5 Å². The first-order valence-electron chi connectivity index (χ1n) is 10.2. The van der Waals surface area contributed by atoms with Crippen molar-refractivity contribution in [3.8, 4) is 17.2 Å². The van der Waals surface area contributed by atoms with Crippen molar-refractivity contribution in [2.24, 2.45) is 5.73 Å². The second-order valence-electron chi connectivity index (χ2n) is 8.01. The number of nitrogens with two attached hydrogens (primary N) is 1. The highest BCUT2D eigenvalue weighted by molar-refractivity contribution is 5.98. The Hall–Kier alpha value is -3.14. The molecule has 170 valence electrons. The number of fused-ring (bicyclic) bond motifs is 1. The summed E-state index contributed by atoms with van der Waals surface area (Å²) in [6.45, 7) is 3.66. The molecule has 1 atom stereocenters. The number of rotatable bonds is 6. The summed E-state index contributed by atoms with van der Waals surface area (Å²) < 4.78 is 50.6. The Balaban J connectivity index is 1.83. The number of hydrogen-bond acceptors (Lipinski definition) is 6. The molecule has 1 aromatic carbocycles. The topological polar surface area (TPSA) is 103 Å². The van der Waals surface area contributed by atoms with E-state index in [9.17, 15) is 18.0 Å². The molecule has 3 N–H and O–H groups in total. The Bertz CT molecular complexity index is 1180. The molecule has 2 heterocycles. The highest BCUT2D eigenvalue weighted by Crippen LogP contribution is 2.40. The van der Waals surface area contributed by atoms with Crippen LogP contribution in [0.1, 0.15) is 61.1 Å². The fourth-order valence-electron chi connectivity index (χ4n) is 3.64. The van der Waals surface area contributed by atoms with E-state index in [1.54, 1.807) is 13.0 Å². The third-order valence-corrected chi connectivity index (χ3v) is 5.75. The number of carbonyl (C=O) groups excluding carboxylic acids is 1. The molecule has 1 aliphatic carbocycles. The normalized spacial score (nSPS) is 16.1. The van der Waals surface area contributed by atoms with Gasteiger partial charge in [0.2, 0.25) is 5.89 Å². The number of methoxy groups -OCH3 is 1. The molecule has 32 heavy (non-hydrogen) atoms. The highest BCUT2D eigenvalue weighted by Gasteiger charge is 2.43. The first kappa shape index (κ1) is 22.1. The monoisotopic (exact) mass is 448 g/mol. The molecule has 1 amide bonds. The zero-order valence-corrected chi connectivity index (χ0v) is 17.8. The third kappa shape index (κ3) is 3.90. The summed E-state index contributed by atoms with van der Waals surface area (Å²) >= 11 is 0. The number of halogens is 3. The molecule has 0 radical (unpaired) electrons. The van der Waals surface area contributed by atoms with Gasteiger partial charge in [0.05, 0.1) is 13.2 Å². The van der Waals surface area contributed by atoms with Crippen molar-refractivity contribution >= 4 is 16.8 Å². The van der Waals surface area contributed by atoms with Crippen molar-refractivity contribution in [2.75, 3.05) is 7.11 Å². The Morgan fingerprint density at radius 2 is 2.00 bits per heavy atom. The Kier molecular flexibility index (Phi) is 5.36. The van der Waals surface area contributed by atoms with Crippen molar-refractivity contribution in [3.63, 3.8) is 0 Å². The number of nitrogens with one attached hydrogen (secondary N) is 1. The molecule has 1 aliphatic rings. The molecule has 2 aromatic heterocycles. The standard InChI is InChI=1S/C22H23F3N4O3/c1-4-21(9-10-21)29-19(30)17-18(11(2)26)32-20(28-17)13-5-7-14(31-3)16-12(13)6-8-15(27-16)22(23,24)25/h5-8,11H,4,9-10,26H2,1-3H3,(H,29,30)/t11-/m0/s1. The summed E-state index contributed by atoms with van der Waals surface area (Å²) in [6.07, 6.45) is -2.02. The Morgan fingerprint density at radius 1 is 1.28 bits per heavy atom. The van der Waals surface area contributed by atoms with E-state index in [1.165, 1.54) is 19.2 Å². The minimum atomic E-state index is -4.61. The summed E-state index contributed by atoms with van der Waals surface area (Å²) in [5, 5.41) is 3.34. The van der Waals surface area contributed by atoms with Gasteiger partial charge in [0.1, 0.15) is 17.0 Å². The molecule has 0 aliphatic heterocycles. The van der Waals surface area contributed by atoms with Gasteiger partial charge in [0.15, 0.2) is 11.5 Å². The van der Waals surface area contributed by atoms with E-state index in [0.29, 0.717) is 10.9 Å². The number of amides is 1. The lowest BCUT2D eigenvalue weighted by molar-refractivity contribution is -0.140. The predicted octanol–water partition coefficient (Wildman–Crippen LogP) is 4.61. The fraction of sp³-hybridized carbons (Fsp3) is 0.409. The SMILES string of the molecule is CCC1(NC(=O)c2nc(-c3ccc(OC)c4nc(C(F)(F)F)ccc34)oc2[C@H](C)N)CC1. The largest absolute Gasteiger partial charge is 0.494 e. The van der Waals surface area contributed by atoms with Gasteiger partial charge in [-0.2, -0.15) is 13.2 Å². The maximum absolute atomic E-state index is 13.2. The van der Waals surface area contributed by atoms with Crippen LogP contribution in [0.2, 0.25) is 0 Å². The van der Waals surface area contributed by atoms with Gasteiger partial charge in [0, 0.05) is 16.5 Å². The van der Waals surface area contributed by atoms with Crippen LogP contribution in [0.15, 0.2) is 28.7 Å². The van der Waals surface area contributed by atoms with Crippen molar-refractivity contribution in [3.05, 3.63) is 41.4 Å². The maximum Gasteiger partial charge on any atom is 0.433 e. The second-order valence-corrected chi connectivity index (χ2v) is 8.01. The van der Waals surface area contributed by atoms with Gasteiger partial charge in [-0.15, -0.1) is 0 Å². The zero-order valence-electron chi connectivity index (χ0n) is 17.8. The number of pyridine rings is 1. The van der Waals surface area contributed by atoms with Crippen LogP contribution in [0.4, 0.5) is 13.2 Å². The minimum Gasteiger partial charge on any atom is -0.494 e. The highest BCUT2D eigenvalue weighted by atomic mass is 19.4. The Labute approximate surface area is 182 Å². The van der Waals surface area contributed by atoms with Gasteiger partial charge in [-0.1, -0.05) is 6.92 Å². The molecule has 10 heteroatoms. The van der Waals surface area contributed by atoms with Crippen LogP contribution in [0.5, 0.6) is 5.75 Å². The van der Waals surface area contributed by atoms with Gasteiger partial charge < -0.3 is 20.2 Å². The fourth-order valence-corrected chi connectivity index (χ4v) is 3.64. The zero-order chi connectivity index (χ0) is 23.3. The van der Waals surface area contributed by atoms with E-state index >= 15 is 0 Å². The summed E-state index contributed by atoms with van der Waals surface area (Å²) in [7, 11) is 1.35. The molecule has 0 spiro atoms. The van der Waals surface area contributed by atoms with E-state index in [0.717, 1.165) is 25.3 Å². The van der Waals surface area contributed by atoms with E-state index in [1.807, 2.05) is 6.92 Å². The molecular formula is C22H23F3N4O3. The lowest BCUT2D eigenvalue weighted by Crippen LogP contribution is -2.37. The number of hydrogen-bond donors (Lipinski definition) is 2. The smallest absolute Gasteiger partial charge is 0.433 e. The number of nitrogens with zero attached hydrogens (tertiary/aromatic N) is 2. The van der Waals surface area contributed by atoms with Crippen LogP contribution >= 0.6 is 0 Å². The van der Waals surface area contributed by atoms with Crippen LogP contribution in [0.25, 0.3) is 22.4 Å². The first-order valence-corrected chi connectivity index (χ1v) is 10.2. The van der Waals surface area contributed by atoms with Gasteiger partial charge >= 0.3 is 6.18 Å². The van der Waals surface area contributed by atoms with Crippen molar-refractivity contribution in [1.29, 1.82) is 0 Å². The van der Waals surface area contributed by atoms with Crippen molar-refractivity contribution in [2.45, 2.75) is 50.9 Å². The average molecular weight is 448 g/mol. The molecule has 1 saturated carbocycles. The van der Waals surface area contributed by atoms with E-state index in [4.69, 9.17) is 14.9 Å². The number of ether oxygens (including phenoxy) is 1. The number of alkyl halides is 3. The molecule has 0 bridgehead atoms. The summed E-state index contributed by atoms with van der Waals surface area (Å²) in [4.78, 5) is 21.0. The summed E-state index contributed by atoms with van der Waals surface area (Å²) in [5.41, 5.74) is 5.19. The second kappa shape index (κ2) is 7.77. The number of aromatic nitrogens is 2. The lowest BCUT2D eigenvalue weighted by Gasteiger charge is -2.14. The molecule has 0 saturated heterocycles. The third-order valence-electron chi connectivity index (χ3n) is 5.75. The van der Waals surface area contributed by atoms with Gasteiger partial charge in [-0.25, -0.2) is 9.97 Å². The van der Waals surface area contributed by atoms with Gasteiger partial charge in [-0.3, -0.25) is 4.79 Å². The molecular weight excluding hydrogens is 425 g/mol. The van der Waals surface area contributed by atoms with E-state index < -0.39 is 17.9 Å². The lowest BCUT2D eigenvalue weighted by atomic mass is 10.1. The van der Waals surface area contributed by atoms with Crippen LogP contribution < -0.4 is 15.8 Å². The summed E-state index contributed by atoms with van der Waals surface area (Å²) in [5.74, 6) is 0.0543. The molecule has 7 nitrogen and oxygen atoms in total. The van der Waals surface area contributed by atoms with E-state index in [-0.39, 0.29) is 40.1 Å². The molecule has 0 unspecified atom stereocenters. The Morgan fingerprint density at radius 3 is 2.56 bits per heavy atom. The first-order chi connectivity index (χ1) is 15.1. The average Bonchev–Trinajstić information content (AvgIpc) is 3.37.